The van der Waals surface area contributed by atoms with Crippen molar-refractivity contribution in [1.82, 2.24) is 9.88 Å². The van der Waals surface area contributed by atoms with Crippen LogP contribution >= 0.6 is 11.6 Å². The molecule has 2 rings (SSSR count). The molecule has 2 N–H and O–H groups in total. The summed E-state index contributed by atoms with van der Waals surface area (Å²) < 4.78 is 0. The quantitative estimate of drug-likeness (QED) is 0.890. The van der Waals surface area contributed by atoms with Gasteiger partial charge in [-0.3, -0.25) is 9.88 Å². The van der Waals surface area contributed by atoms with Gasteiger partial charge in [0.1, 0.15) is 0 Å². The SMILES string of the molecule is CC(N)C(c1cccc(Cl)c1)N(C)CCc1ccccn1. The molecule has 21 heavy (non-hydrogen) atoms. The summed E-state index contributed by atoms with van der Waals surface area (Å²) >= 11 is 6.10. The zero-order valence-electron chi connectivity index (χ0n) is 12.5. The first-order valence-electron chi connectivity index (χ1n) is 7.19. The van der Waals surface area contributed by atoms with Crippen LogP contribution in [-0.4, -0.2) is 29.5 Å². The van der Waals surface area contributed by atoms with Gasteiger partial charge in [0, 0.05) is 42.0 Å². The molecule has 112 valence electrons. The highest BCUT2D eigenvalue weighted by Crippen LogP contribution is 2.24. The minimum absolute atomic E-state index is 0.0252. The maximum absolute atomic E-state index is 6.19. The minimum Gasteiger partial charge on any atom is -0.326 e. The Morgan fingerprint density at radius 1 is 1.24 bits per heavy atom. The second-order valence-corrected chi connectivity index (χ2v) is 5.85. The molecule has 3 nitrogen and oxygen atoms in total. The summed E-state index contributed by atoms with van der Waals surface area (Å²) in [6.07, 6.45) is 2.73. The predicted molar refractivity (Wildman–Crippen MR) is 88.4 cm³/mol. The number of halogens is 1. The molecular formula is C17H22ClN3. The van der Waals surface area contributed by atoms with Crippen molar-refractivity contribution in [3.63, 3.8) is 0 Å². The van der Waals surface area contributed by atoms with Crippen LogP contribution in [0.3, 0.4) is 0 Å². The average molecular weight is 304 g/mol. The van der Waals surface area contributed by atoms with Crippen molar-refractivity contribution in [3.05, 3.63) is 64.9 Å². The van der Waals surface area contributed by atoms with E-state index in [1.165, 1.54) is 0 Å². The van der Waals surface area contributed by atoms with E-state index in [9.17, 15) is 0 Å². The third-order valence-corrected chi connectivity index (χ3v) is 3.84. The maximum atomic E-state index is 6.19. The molecule has 0 fully saturated rings. The zero-order valence-corrected chi connectivity index (χ0v) is 13.3. The Morgan fingerprint density at radius 3 is 2.67 bits per heavy atom. The Labute approximate surface area is 131 Å². The van der Waals surface area contributed by atoms with E-state index in [-0.39, 0.29) is 12.1 Å². The Bertz CT molecular complexity index is 557. The van der Waals surface area contributed by atoms with Crippen molar-refractivity contribution in [2.24, 2.45) is 5.73 Å². The summed E-state index contributed by atoms with van der Waals surface area (Å²) in [4.78, 5) is 6.63. The lowest BCUT2D eigenvalue weighted by atomic mass is 9.99. The van der Waals surface area contributed by atoms with Crippen molar-refractivity contribution in [3.8, 4) is 0 Å². The lowest BCUT2D eigenvalue weighted by Crippen LogP contribution is -2.38. The van der Waals surface area contributed by atoms with Crippen molar-refractivity contribution in [1.29, 1.82) is 0 Å². The van der Waals surface area contributed by atoms with Crippen molar-refractivity contribution < 1.29 is 0 Å². The number of rotatable bonds is 6. The van der Waals surface area contributed by atoms with E-state index in [0.717, 1.165) is 29.2 Å². The minimum atomic E-state index is 0.0252. The van der Waals surface area contributed by atoms with Crippen LogP contribution in [0, 0.1) is 0 Å². The second-order valence-electron chi connectivity index (χ2n) is 5.41. The van der Waals surface area contributed by atoms with Crippen LogP contribution < -0.4 is 5.73 Å². The largest absolute Gasteiger partial charge is 0.326 e. The van der Waals surface area contributed by atoms with Crippen molar-refractivity contribution in [2.75, 3.05) is 13.6 Å². The fourth-order valence-corrected chi connectivity index (χ4v) is 2.82. The van der Waals surface area contributed by atoms with E-state index in [4.69, 9.17) is 17.3 Å². The van der Waals surface area contributed by atoms with E-state index >= 15 is 0 Å². The van der Waals surface area contributed by atoms with E-state index in [0.29, 0.717) is 0 Å². The summed E-state index contributed by atoms with van der Waals surface area (Å²) in [7, 11) is 2.10. The highest BCUT2D eigenvalue weighted by molar-refractivity contribution is 6.30. The van der Waals surface area contributed by atoms with E-state index in [1.54, 1.807) is 0 Å². The fourth-order valence-electron chi connectivity index (χ4n) is 2.63. The summed E-state index contributed by atoms with van der Waals surface area (Å²) in [6.45, 7) is 2.93. The monoisotopic (exact) mass is 303 g/mol. The highest BCUT2D eigenvalue weighted by Gasteiger charge is 2.21. The van der Waals surface area contributed by atoms with Gasteiger partial charge in [0.15, 0.2) is 0 Å². The predicted octanol–water partition coefficient (Wildman–Crippen LogP) is 3.30. The summed E-state index contributed by atoms with van der Waals surface area (Å²) in [6, 6.07) is 14.1. The third kappa shape index (κ3) is 4.53. The zero-order chi connectivity index (χ0) is 15.2. The van der Waals surface area contributed by atoms with Crippen LogP contribution in [0.4, 0.5) is 0 Å². The molecule has 1 heterocycles. The normalized spacial score (nSPS) is 14.1. The molecule has 1 aromatic heterocycles. The van der Waals surface area contributed by atoms with E-state index < -0.39 is 0 Å². The van der Waals surface area contributed by atoms with Crippen LogP contribution in [0.15, 0.2) is 48.7 Å². The molecule has 0 aliphatic rings. The van der Waals surface area contributed by atoms with Gasteiger partial charge in [0.2, 0.25) is 0 Å². The standard InChI is InChI=1S/C17H22ClN3/c1-13(19)17(14-6-5-7-15(18)12-14)21(2)11-9-16-8-3-4-10-20-16/h3-8,10,12-13,17H,9,11,19H2,1-2H3. The lowest BCUT2D eigenvalue weighted by molar-refractivity contribution is 0.221. The first kappa shape index (κ1) is 16.0. The number of hydrogen-bond donors (Lipinski definition) is 1. The van der Waals surface area contributed by atoms with Gasteiger partial charge in [-0.05, 0) is 43.8 Å². The smallest absolute Gasteiger partial charge is 0.0494 e. The molecule has 0 radical (unpaired) electrons. The molecule has 0 aliphatic carbocycles. The van der Waals surface area contributed by atoms with Gasteiger partial charge in [0.05, 0.1) is 0 Å². The van der Waals surface area contributed by atoms with Crippen LogP contribution in [0.1, 0.15) is 24.2 Å². The first-order chi connectivity index (χ1) is 10.1. The third-order valence-electron chi connectivity index (χ3n) is 3.61. The topological polar surface area (TPSA) is 42.1 Å². The number of nitrogens with two attached hydrogens (primary N) is 1. The van der Waals surface area contributed by atoms with Gasteiger partial charge in [-0.2, -0.15) is 0 Å². The van der Waals surface area contributed by atoms with Gasteiger partial charge in [-0.15, -0.1) is 0 Å². The number of nitrogens with zero attached hydrogens (tertiary/aromatic N) is 2. The molecule has 2 aromatic rings. The molecule has 2 unspecified atom stereocenters. The number of hydrogen-bond acceptors (Lipinski definition) is 3. The van der Waals surface area contributed by atoms with E-state index in [1.807, 2.05) is 49.5 Å². The molecule has 2 atom stereocenters. The van der Waals surface area contributed by atoms with Crippen molar-refractivity contribution in [2.45, 2.75) is 25.4 Å². The molecule has 1 aromatic carbocycles. The Balaban J connectivity index is 2.07. The highest BCUT2D eigenvalue weighted by atomic mass is 35.5. The van der Waals surface area contributed by atoms with Crippen LogP contribution in [-0.2, 0) is 6.42 Å². The Hall–Kier alpha value is -1.42. The van der Waals surface area contributed by atoms with E-state index in [2.05, 4.69) is 23.0 Å². The lowest BCUT2D eigenvalue weighted by Gasteiger charge is -2.31. The number of aromatic nitrogens is 1. The summed E-state index contributed by atoms with van der Waals surface area (Å²) in [5.41, 5.74) is 8.44. The maximum Gasteiger partial charge on any atom is 0.0494 e. The Kier molecular flexibility index (Phi) is 5.74. The van der Waals surface area contributed by atoms with Crippen LogP contribution in [0.25, 0.3) is 0 Å². The van der Waals surface area contributed by atoms with Gasteiger partial charge in [-0.1, -0.05) is 29.8 Å². The molecule has 0 aliphatic heterocycles. The molecule has 0 saturated heterocycles. The second kappa shape index (κ2) is 7.55. The molecule has 4 heteroatoms. The molecular weight excluding hydrogens is 282 g/mol. The van der Waals surface area contributed by atoms with Gasteiger partial charge >= 0.3 is 0 Å². The number of likely N-dealkylation sites (N-methyl/N-ethyl adjacent to an activating group) is 1. The number of pyridine rings is 1. The molecule has 0 bridgehead atoms. The van der Waals surface area contributed by atoms with Crippen LogP contribution in [0.5, 0.6) is 0 Å². The van der Waals surface area contributed by atoms with Gasteiger partial charge in [0.25, 0.3) is 0 Å². The molecule has 0 spiro atoms. The Morgan fingerprint density at radius 2 is 2.05 bits per heavy atom. The molecule has 0 amide bonds. The summed E-state index contributed by atoms with van der Waals surface area (Å²) in [5.74, 6) is 0. The molecule has 0 saturated carbocycles. The van der Waals surface area contributed by atoms with Crippen molar-refractivity contribution >= 4 is 11.6 Å². The first-order valence-corrected chi connectivity index (χ1v) is 7.57. The average Bonchev–Trinajstić information content (AvgIpc) is 2.46. The van der Waals surface area contributed by atoms with Gasteiger partial charge in [-0.25, -0.2) is 0 Å². The van der Waals surface area contributed by atoms with Gasteiger partial charge < -0.3 is 5.73 Å². The van der Waals surface area contributed by atoms with Crippen LogP contribution in [0.2, 0.25) is 5.02 Å². The fraction of sp³-hybridized carbons (Fsp3) is 0.353. The summed E-state index contributed by atoms with van der Waals surface area (Å²) in [5, 5.41) is 0.747. The number of benzene rings is 1.